The number of thiazole rings is 1. The third-order valence-electron chi connectivity index (χ3n) is 2.10. The number of hydrazone groups is 1. The van der Waals surface area contributed by atoms with Crippen molar-refractivity contribution in [2.45, 2.75) is 6.92 Å². The summed E-state index contributed by atoms with van der Waals surface area (Å²) in [6, 6.07) is 4.40. The molecule has 0 atom stereocenters. The molecule has 1 aromatic carbocycles. The first-order valence-electron chi connectivity index (χ1n) is 5.61. The first kappa shape index (κ1) is 13.3. The zero-order valence-corrected chi connectivity index (χ0v) is 11.1. The molecule has 1 aromatic heterocycles. The lowest BCUT2D eigenvalue weighted by atomic mass is 10.2. The fourth-order valence-corrected chi connectivity index (χ4v) is 1.96. The second-order valence-corrected chi connectivity index (χ2v) is 4.46. The lowest BCUT2D eigenvalue weighted by Gasteiger charge is -2.03. The van der Waals surface area contributed by atoms with Gasteiger partial charge in [-0.2, -0.15) is 5.10 Å². The Morgan fingerprint density at radius 2 is 2.37 bits per heavy atom. The highest BCUT2D eigenvalue weighted by Crippen LogP contribution is 2.17. The molecule has 0 unspecified atom stereocenters. The van der Waals surface area contributed by atoms with Gasteiger partial charge in [0.15, 0.2) is 0 Å². The summed E-state index contributed by atoms with van der Waals surface area (Å²) in [5, 5.41) is 6.24. The van der Waals surface area contributed by atoms with Crippen LogP contribution in [0.4, 0.5) is 15.3 Å². The summed E-state index contributed by atoms with van der Waals surface area (Å²) in [7, 11) is 0. The Bertz CT molecular complexity index is 585. The van der Waals surface area contributed by atoms with Gasteiger partial charge in [-0.25, -0.2) is 9.37 Å². The monoisotopic (exact) mass is 280 g/mol. The number of nitrogens with one attached hydrogen (secondary N) is 1. The number of hydrogen-bond donors (Lipinski definition) is 2. The van der Waals surface area contributed by atoms with E-state index in [2.05, 4.69) is 15.5 Å². The van der Waals surface area contributed by atoms with Crippen LogP contribution in [0.25, 0.3) is 0 Å². The third kappa shape index (κ3) is 3.92. The molecular weight excluding hydrogens is 267 g/mol. The number of anilines is 2. The van der Waals surface area contributed by atoms with Gasteiger partial charge >= 0.3 is 0 Å². The van der Waals surface area contributed by atoms with Gasteiger partial charge < -0.3 is 10.5 Å². The molecule has 0 bridgehead atoms. The van der Waals surface area contributed by atoms with Crippen LogP contribution in [0.5, 0.6) is 5.75 Å². The van der Waals surface area contributed by atoms with Gasteiger partial charge in [0.2, 0.25) is 5.13 Å². The van der Waals surface area contributed by atoms with Crippen LogP contribution in [0.3, 0.4) is 0 Å². The smallest absolute Gasteiger partial charge is 0.205 e. The Labute approximate surface area is 113 Å². The molecule has 0 fully saturated rings. The van der Waals surface area contributed by atoms with Crippen molar-refractivity contribution in [1.82, 2.24) is 4.98 Å². The van der Waals surface area contributed by atoms with Gasteiger partial charge in [-0.1, -0.05) is 0 Å². The fourth-order valence-electron chi connectivity index (χ4n) is 1.41. The molecule has 0 spiro atoms. The highest BCUT2D eigenvalue weighted by atomic mass is 32.1. The third-order valence-corrected chi connectivity index (χ3v) is 2.87. The summed E-state index contributed by atoms with van der Waals surface area (Å²) >= 11 is 1.34. The number of benzene rings is 1. The van der Waals surface area contributed by atoms with Crippen molar-refractivity contribution in [3.8, 4) is 5.75 Å². The Hall–Kier alpha value is -2.15. The second-order valence-electron chi connectivity index (χ2n) is 3.60. The average Bonchev–Trinajstić information content (AvgIpc) is 2.75. The van der Waals surface area contributed by atoms with Crippen molar-refractivity contribution in [2.75, 3.05) is 17.8 Å². The van der Waals surface area contributed by atoms with Crippen LogP contribution in [-0.4, -0.2) is 17.8 Å². The Morgan fingerprint density at radius 3 is 3.05 bits per heavy atom. The van der Waals surface area contributed by atoms with E-state index in [0.717, 1.165) is 0 Å². The molecule has 0 aliphatic carbocycles. The van der Waals surface area contributed by atoms with E-state index in [4.69, 9.17) is 10.5 Å². The highest BCUT2D eigenvalue weighted by Gasteiger charge is 2.00. The maximum absolute atomic E-state index is 13.3. The summed E-state index contributed by atoms with van der Waals surface area (Å²) in [6.07, 6.45) is 1.49. The molecule has 100 valence electrons. The van der Waals surface area contributed by atoms with Crippen molar-refractivity contribution in [1.29, 1.82) is 0 Å². The Morgan fingerprint density at radius 1 is 1.53 bits per heavy atom. The SMILES string of the molecule is CCOc1cc(F)cc(C=NNc2nc(N)cs2)c1. The maximum atomic E-state index is 13.3. The molecule has 1 heterocycles. The minimum atomic E-state index is -0.370. The van der Waals surface area contributed by atoms with E-state index in [1.165, 1.54) is 29.7 Å². The van der Waals surface area contributed by atoms with Gasteiger partial charge in [0.25, 0.3) is 0 Å². The van der Waals surface area contributed by atoms with Gasteiger partial charge in [0.1, 0.15) is 17.4 Å². The number of aromatic nitrogens is 1. The van der Waals surface area contributed by atoms with E-state index >= 15 is 0 Å². The first-order valence-corrected chi connectivity index (χ1v) is 6.49. The zero-order chi connectivity index (χ0) is 13.7. The first-order chi connectivity index (χ1) is 9.17. The normalized spacial score (nSPS) is 10.8. The topological polar surface area (TPSA) is 72.5 Å². The van der Waals surface area contributed by atoms with Gasteiger partial charge in [0.05, 0.1) is 12.8 Å². The molecule has 0 aliphatic rings. The summed E-state index contributed by atoms with van der Waals surface area (Å²) < 4.78 is 18.6. The number of nitrogens with zero attached hydrogens (tertiary/aromatic N) is 2. The van der Waals surface area contributed by atoms with E-state index in [0.29, 0.717) is 28.9 Å². The molecule has 0 amide bonds. The average molecular weight is 280 g/mol. The molecular formula is C12H13FN4OS. The predicted octanol–water partition coefficient (Wildman–Crippen LogP) is 2.71. The molecule has 7 heteroatoms. The van der Waals surface area contributed by atoms with Crippen LogP contribution in [0.15, 0.2) is 28.7 Å². The standard InChI is InChI=1S/C12H13FN4OS/c1-2-18-10-4-8(3-9(13)5-10)6-15-17-12-16-11(14)7-19-12/h3-7H,2,14H2,1H3,(H,16,17). The van der Waals surface area contributed by atoms with Crippen LogP contribution in [0.2, 0.25) is 0 Å². The summed E-state index contributed by atoms with van der Waals surface area (Å²) in [5.74, 6) is 0.542. The van der Waals surface area contributed by atoms with Crippen LogP contribution in [0, 0.1) is 5.82 Å². The lowest BCUT2D eigenvalue weighted by Crippen LogP contribution is -1.95. The molecule has 2 aromatic rings. The van der Waals surface area contributed by atoms with Crippen molar-refractivity contribution in [2.24, 2.45) is 5.10 Å². The zero-order valence-electron chi connectivity index (χ0n) is 10.3. The molecule has 5 nitrogen and oxygen atoms in total. The summed E-state index contributed by atoms with van der Waals surface area (Å²) in [4.78, 5) is 3.98. The van der Waals surface area contributed by atoms with E-state index in [-0.39, 0.29) is 5.82 Å². The van der Waals surface area contributed by atoms with Crippen LogP contribution in [-0.2, 0) is 0 Å². The molecule has 0 aliphatic heterocycles. The Kier molecular flexibility index (Phi) is 4.30. The van der Waals surface area contributed by atoms with E-state index in [1.54, 1.807) is 11.4 Å². The molecule has 0 radical (unpaired) electrons. The quantitative estimate of drug-likeness (QED) is 0.652. The second kappa shape index (κ2) is 6.14. The number of nitrogens with two attached hydrogens (primary N) is 1. The van der Waals surface area contributed by atoms with Crippen LogP contribution >= 0.6 is 11.3 Å². The highest BCUT2D eigenvalue weighted by molar-refractivity contribution is 7.14. The molecule has 19 heavy (non-hydrogen) atoms. The molecule has 3 N–H and O–H groups in total. The van der Waals surface area contributed by atoms with E-state index in [9.17, 15) is 4.39 Å². The lowest BCUT2D eigenvalue weighted by molar-refractivity contribution is 0.338. The van der Waals surface area contributed by atoms with Crippen molar-refractivity contribution < 1.29 is 9.13 Å². The van der Waals surface area contributed by atoms with E-state index < -0.39 is 0 Å². The summed E-state index contributed by atoms with van der Waals surface area (Å²) in [5.41, 5.74) is 8.79. The van der Waals surface area contributed by atoms with Crippen molar-refractivity contribution >= 4 is 28.5 Å². The number of nitrogen functional groups attached to an aromatic ring is 1. The Balaban J connectivity index is 2.05. The minimum absolute atomic E-state index is 0.370. The van der Waals surface area contributed by atoms with Gasteiger partial charge in [-0.15, -0.1) is 11.3 Å². The molecule has 2 rings (SSSR count). The number of rotatable bonds is 5. The molecule has 0 saturated heterocycles. The van der Waals surface area contributed by atoms with Gasteiger partial charge in [-0.05, 0) is 19.1 Å². The van der Waals surface area contributed by atoms with Crippen LogP contribution in [0.1, 0.15) is 12.5 Å². The summed E-state index contributed by atoms with van der Waals surface area (Å²) in [6.45, 7) is 2.32. The molecule has 0 saturated carbocycles. The predicted molar refractivity (Wildman–Crippen MR) is 75.3 cm³/mol. The fraction of sp³-hybridized carbons (Fsp3) is 0.167. The van der Waals surface area contributed by atoms with E-state index in [1.807, 2.05) is 6.92 Å². The van der Waals surface area contributed by atoms with Gasteiger partial charge in [0, 0.05) is 17.0 Å². The minimum Gasteiger partial charge on any atom is -0.494 e. The number of hydrogen-bond acceptors (Lipinski definition) is 6. The van der Waals surface area contributed by atoms with Gasteiger partial charge in [-0.3, -0.25) is 5.43 Å². The number of halogens is 1. The maximum Gasteiger partial charge on any atom is 0.205 e. The number of ether oxygens (including phenoxy) is 1. The van der Waals surface area contributed by atoms with Crippen molar-refractivity contribution in [3.05, 3.63) is 35.0 Å². The largest absolute Gasteiger partial charge is 0.494 e. The van der Waals surface area contributed by atoms with Crippen molar-refractivity contribution in [3.63, 3.8) is 0 Å². The van der Waals surface area contributed by atoms with Crippen LogP contribution < -0.4 is 15.9 Å².